The number of imidazole rings is 1. The number of rotatable bonds is 4. The first-order valence-electron chi connectivity index (χ1n) is 5.79. The highest BCUT2D eigenvalue weighted by Crippen LogP contribution is 2.28. The molecule has 0 amide bonds. The van der Waals surface area contributed by atoms with Gasteiger partial charge in [-0.1, -0.05) is 36.2 Å². The Kier molecular flexibility index (Phi) is 4.27. The molecule has 1 atom stereocenters. The zero-order valence-corrected chi connectivity index (χ0v) is 11.8. The SMILES string of the molecule is CCNC(c1ccc(Cl)c(Cl)c1)c1nccn1C. The van der Waals surface area contributed by atoms with Crippen LogP contribution in [0.2, 0.25) is 10.0 Å². The molecule has 3 nitrogen and oxygen atoms in total. The van der Waals surface area contributed by atoms with E-state index in [0.29, 0.717) is 10.0 Å². The summed E-state index contributed by atoms with van der Waals surface area (Å²) in [5.74, 6) is 0.954. The monoisotopic (exact) mass is 283 g/mol. The minimum atomic E-state index is 0.0183. The highest BCUT2D eigenvalue weighted by molar-refractivity contribution is 6.42. The van der Waals surface area contributed by atoms with Crippen LogP contribution in [0.3, 0.4) is 0 Å². The summed E-state index contributed by atoms with van der Waals surface area (Å²) in [6.45, 7) is 2.91. The summed E-state index contributed by atoms with van der Waals surface area (Å²) < 4.78 is 2.00. The maximum atomic E-state index is 6.07. The minimum Gasteiger partial charge on any atom is -0.336 e. The lowest BCUT2D eigenvalue weighted by atomic mass is 10.1. The van der Waals surface area contributed by atoms with E-state index in [-0.39, 0.29) is 6.04 Å². The highest BCUT2D eigenvalue weighted by Gasteiger charge is 2.17. The van der Waals surface area contributed by atoms with Gasteiger partial charge >= 0.3 is 0 Å². The fraction of sp³-hybridized carbons (Fsp3) is 0.308. The predicted octanol–water partition coefficient (Wildman–Crippen LogP) is 3.43. The molecule has 0 saturated carbocycles. The summed E-state index contributed by atoms with van der Waals surface area (Å²) in [5.41, 5.74) is 1.06. The van der Waals surface area contributed by atoms with Crippen LogP contribution in [-0.4, -0.2) is 16.1 Å². The van der Waals surface area contributed by atoms with Crippen LogP contribution in [0.5, 0.6) is 0 Å². The summed E-state index contributed by atoms with van der Waals surface area (Å²) in [5, 5.41) is 4.53. The van der Waals surface area contributed by atoms with Crippen LogP contribution in [0, 0.1) is 0 Å². The van der Waals surface area contributed by atoms with Gasteiger partial charge < -0.3 is 9.88 Å². The molecule has 0 radical (unpaired) electrons. The van der Waals surface area contributed by atoms with Crippen LogP contribution in [0.1, 0.15) is 24.4 Å². The van der Waals surface area contributed by atoms with Gasteiger partial charge in [-0.25, -0.2) is 4.98 Å². The molecule has 1 aromatic heterocycles. The molecule has 0 aliphatic heterocycles. The maximum Gasteiger partial charge on any atom is 0.130 e. The molecule has 18 heavy (non-hydrogen) atoms. The molecule has 0 saturated heterocycles. The molecule has 96 valence electrons. The van der Waals surface area contributed by atoms with Crippen LogP contribution < -0.4 is 5.32 Å². The summed E-state index contributed by atoms with van der Waals surface area (Å²) >= 11 is 12.0. The van der Waals surface area contributed by atoms with E-state index in [1.54, 1.807) is 6.20 Å². The van der Waals surface area contributed by atoms with E-state index in [1.165, 1.54) is 0 Å². The Balaban J connectivity index is 2.41. The Morgan fingerprint density at radius 3 is 2.67 bits per heavy atom. The molecule has 0 bridgehead atoms. The normalized spacial score (nSPS) is 12.7. The number of benzene rings is 1. The van der Waals surface area contributed by atoms with E-state index >= 15 is 0 Å². The molecular formula is C13H15Cl2N3. The van der Waals surface area contributed by atoms with E-state index in [1.807, 2.05) is 36.0 Å². The Morgan fingerprint density at radius 1 is 1.33 bits per heavy atom. The maximum absolute atomic E-state index is 6.07. The zero-order valence-electron chi connectivity index (χ0n) is 10.3. The number of aromatic nitrogens is 2. The van der Waals surface area contributed by atoms with Crippen LogP contribution >= 0.6 is 23.2 Å². The second kappa shape index (κ2) is 5.74. The molecule has 1 unspecified atom stereocenters. The lowest BCUT2D eigenvalue weighted by molar-refractivity contribution is 0.577. The smallest absolute Gasteiger partial charge is 0.130 e. The summed E-state index contributed by atoms with van der Waals surface area (Å²) in [4.78, 5) is 4.39. The molecule has 1 N–H and O–H groups in total. The van der Waals surface area contributed by atoms with Crippen molar-refractivity contribution >= 4 is 23.2 Å². The molecule has 0 aliphatic carbocycles. The Hall–Kier alpha value is -1.03. The third-order valence-electron chi connectivity index (χ3n) is 2.80. The zero-order chi connectivity index (χ0) is 13.1. The predicted molar refractivity (Wildman–Crippen MR) is 75.2 cm³/mol. The van der Waals surface area contributed by atoms with Crippen LogP contribution in [0.25, 0.3) is 0 Å². The number of aryl methyl sites for hydroxylation is 1. The van der Waals surface area contributed by atoms with Crippen molar-refractivity contribution in [1.82, 2.24) is 14.9 Å². The molecule has 0 fully saturated rings. The van der Waals surface area contributed by atoms with Gasteiger partial charge in [-0.05, 0) is 24.2 Å². The fourth-order valence-electron chi connectivity index (χ4n) is 1.91. The van der Waals surface area contributed by atoms with Gasteiger partial charge in [0.05, 0.1) is 16.1 Å². The second-order valence-electron chi connectivity index (χ2n) is 4.06. The van der Waals surface area contributed by atoms with Gasteiger partial charge in [-0.3, -0.25) is 0 Å². The minimum absolute atomic E-state index is 0.0183. The van der Waals surface area contributed by atoms with Gasteiger partial charge in [0.25, 0.3) is 0 Å². The Morgan fingerprint density at radius 2 is 2.11 bits per heavy atom. The lowest BCUT2D eigenvalue weighted by Gasteiger charge is -2.18. The van der Waals surface area contributed by atoms with E-state index in [0.717, 1.165) is 17.9 Å². The third kappa shape index (κ3) is 2.69. The second-order valence-corrected chi connectivity index (χ2v) is 4.87. The topological polar surface area (TPSA) is 29.9 Å². The van der Waals surface area contributed by atoms with E-state index in [2.05, 4.69) is 17.2 Å². The molecule has 1 heterocycles. The Bertz CT molecular complexity index is 537. The molecule has 1 aromatic carbocycles. The van der Waals surface area contributed by atoms with Crippen LogP contribution in [-0.2, 0) is 7.05 Å². The van der Waals surface area contributed by atoms with Crippen molar-refractivity contribution < 1.29 is 0 Å². The van der Waals surface area contributed by atoms with E-state index < -0.39 is 0 Å². The molecule has 5 heteroatoms. The van der Waals surface area contributed by atoms with Crippen LogP contribution in [0.15, 0.2) is 30.6 Å². The standard InChI is InChI=1S/C13H15Cl2N3/c1-3-16-12(13-17-6-7-18(13)2)9-4-5-10(14)11(15)8-9/h4-8,12,16H,3H2,1-2H3. The lowest BCUT2D eigenvalue weighted by Crippen LogP contribution is -2.24. The van der Waals surface area contributed by atoms with Crippen molar-refractivity contribution in [3.05, 3.63) is 52.0 Å². The average Bonchev–Trinajstić information content (AvgIpc) is 2.76. The van der Waals surface area contributed by atoms with Gasteiger partial charge in [0.1, 0.15) is 5.82 Å². The number of hydrogen-bond acceptors (Lipinski definition) is 2. The van der Waals surface area contributed by atoms with Crippen molar-refractivity contribution in [3.63, 3.8) is 0 Å². The molecule has 0 aliphatic rings. The summed E-state index contributed by atoms with van der Waals surface area (Å²) in [7, 11) is 1.98. The van der Waals surface area contributed by atoms with Crippen molar-refractivity contribution in [2.75, 3.05) is 6.54 Å². The Labute approximate surface area is 117 Å². The van der Waals surface area contributed by atoms with Crippen molar-refractivity contribution in [2.24, 2.45) is 7.05 Å². The quantitative estimate of drug-likeness (QED) is 0.932. The summed E-state index contributed by atoms with van der Waals surface area (Å²) in [6, 6.07) is 5.68. The van der Waals surface area contributed by atoms with Gasteiger partial charge in [-0.2, -0.15) is 0 Å². The number of nitrogens with one attached hydrogen (secondary N) is 1. The largest absolute Gasteiger partial charge is 0.336 e. The molecule has 0 spiro atoms. The fourth-order valence-corrected chi connectivity index (χ4v) is 2.22. The third-order valence-corrected chi connectivity index (χ3v) is 3.54. The molecule has 2 rings (SSSR count). The van der Waals surface area contributed by atoms with Crippen molar-refractivity contribution in [3.8, 4) is 0 Å². The first-order chi connectivity index (χ1) is 8.63. The average molecular weight is 284 g/mol. The van der Waals surface area contributed by atoms with Gasteiger partial charge in [0, 0.05) is 19.4 Å². The van der Waals surface area contributed by atoms with Gasteiger partial charge in [-0.15, -0.1) is 0 Å². The number of hydrogen-bond donors (Lipinski definition) is 1. The van der Waals surface area contributed by atoms with Gasteiger partial charge in [0.2, 0.25) is 0 Å². The highest BCUT2D eigenvalue weighted by atomic mass is 35.5. The summed E-state index contributed by atoms with van der Waals surface area (Å²) in [6.07, 6.45) is 3.72. The van der Waals surface area contributed by atoms with Crippen molar-refractivity contribution in [2.45, 2.75) is 13.0 Å². The first kappa shape index (κ1) is 13.4. The van der Waals surface area contributed by atoms with Crippen LogP contribution in [0.4, 0.5) is 0 Å². The van der Waals surface area contributed by atoms with Gasteiger partial charge in [0.15, 0.2) is 0 Å². The molecule has 2 aromatic rings. The van der Waals surface area contributed by atoms with Crippen molar-refractivity contribution in [1.29, 1.82) is 0 Å². The first-order valence-corrected chi connectivity index (χ1v) is 6.54. The number of nitrogens with zero attached hydrogens (tertiary/aromatic N) is 2. The van der Waals surface area contributed by atoms with E-state index in [4.69, 9.17) is 23.2 Å². The molecular weight excluding hydrogens is 269 g/mol. The van der Waals surface area contributed by atoms with E-state index in [9.17, 15) is 0 Å². The number of halogens is 2.